The van der Waals surface area contributed by atoms with E-state index in [9.17, 15) is 0 Å². The van der Waals surface area contributed by atoms with Crippen molar-refractivity contribution in [3.63, 3.8) is 0 Å². The normalized spacial score (nSPS) is 26.1. The largest absolute Gasteiger partial charge is 0.380 e. The summed E-state index contributed by atoms with van der Waals surface area (Å²) in [5.41, 5.74) is 3.15. The molecule has 1 aliphatic rings. The lowest BCUT2D eigenvalue weighted by molar-refractivity contribution is 0.117. The van der Waals surface area contributed by atoms with Crippen molar-refractivity contribution in [3.05, 3.63) is 0 Å². The molecule has 3 nitrogen and oxygen atoms in total. The van der Waals surface area contributed by atoms with Crippen LogP contribution in [0.3, 0.4) is 0 Å². The number of hydrazine groups is 1. The Morgan fingerprint density at radius 2 is 2.50 bits per heavy atom. The number of nitrogens with one attached hydrogen (secondary N) is 1. The highest BCUT2D eigenvalue weighted by Crippen LogP contribution is 2.08. The summed E-state index contributed by atoms with van der Waals surface area (Å²) in [5.74, 6) is 0. The van der Waals surface area contributed by atoms with E-state index >= 15 is 0 Å². The average molecular weight is 144 g/mol. The van der Waals surface area contributed by atoms with Crippen LogP contribution in [-0.2, 0) is 4.74 Å². The first-order valence-electron chi connectivity index (χ1n) is 3.90. The van der Waals surface area contributed by atoms with E-state index in [2.05, 4.69) is 17.4 Å². The summed E-state index contributed by atoms with van der Waals surface area (Å²) in [6, 6.07) is 0.593. The molecule has 1 atom stereocenters. The van der Waals surface area contributed by atoms with E-state index in [0.717, 1.165) is 26.2 Å². The molecule has 10 heavy (non-hydrogen) atoms. The van der Waals surface area contributed by atoms with Crippen LogP contribution in [0, 0.1) is 0 Å². The minimum absolute atomic E-state index is 0.593. The zero-order chi connectivity index (χ0) is 7.40. The quantitative estimate of drug-likeness (QED) is 0.574. The molecule has 1 N–H and O–H groups in total. The molecule has 3 heteroatoms. The van der Waals surface area contributed by atoms with E-state index < -0.39 is 0 Å². The van der Waals surface area contributed by atoms with Crippen LogP contribution in [-0.4, -0.2) is 37.9 Å². The van der Waals surface area contributed by atoms with E-state index in [1.54, 1.807) is 0 Å². The van der Waals surface area contributed by atoms with Crippen LogP contribution < -0.4 is 5.43 Å². The predicted molar refractivity (Wildman–Crippen MR) is 40.7 cm³/mol. The van der Waals surface area contributed by atoms with Gasteiger partial charge in [0.05, 0.1) is 6.61 Å². The Labute approximate surface area is 62.3 Å². The van der Waals surface area contributed by atoms with Gasteiger partial charge in [0.2, 0.25) is 0 Å². The molecule has 0 aromatic heterocycles. The molecule has 0 spiro atoms. The van der Waals surface area contributed by atoms with Crippen molar-refractivity contribution in [2.75, 3.05) is 26.8 Å². The Morgan fingerprint density at radius 3 is 2.90 bits per heavy atom. The van der Waals surface area contributed by atoms with Crippen LogP contribution >= 0.6 is 0 Å². The van der Waals surface area contributed by atoms with Gasteiger partial charge in [0, 0.05) is 19.2 Å². The van der Waals surface area contributed by atoms with Gasteiger partial charge in [0.15, 0.2) is 0 Å². The predicted octanol–water partition coefficient (Wildman–Crippen LogP) is 0.232. The Kier molecular flexibility index (Phi) is 3.12. The van der Waals surface area contributed by atoms with Crippen LogP contribution in [0.15, 0.2) is 0 Å². The van der Waals surface area contributed by atoms with Crippen LogP contribution in [0.1, 0.15) is 13.3 Å². The summed E-state index contributed by atoms with van der Waals surface area (Å²) < 4.78 is 5.26. The molecule has 0 aromatic rings. The van der Waals surface area contributed by atoms with Crippen molar-refractivity contribution in [2.45, 2.75) is 19.4 Å². The summed E-state index contributed by atoms with van der Waals surface area (Å²) >= 11 is 0. The fourth-order valence-electron chi connectivity index (χ4n) is 1.37. The molecule has 0 aliphatic carbocycles. The maximum Gasteiger partial charge on any atom is 0.0636 e. The van der Waals surface area contributed by atoms with Crippen LogP contribution in [0.5, 0.6) is 0 Å². The van der Waals surface area contributed by atoms with E-state index in [1.807, 2.05) is 7.05 Å². The van der Waals surface area contributed by atoms with Crippen molar-refractivity contribution in [1.82, 2.24) is 10.4 Å². The first kappa shape index (κ1) is 7.98. The minimum Gasteiger partial charge on any atom is -0.380 e. The van der Waals surface area contributed by atoms with E-state index in [1.165, 1.54) is 0 Å². The molecule has 0 saturated carbocycles. The third-order valence-corrected chi connectivity index (χ3v) is 1.97. The maximum absolute atomic E-state index is 5.26. The molecule has 60 valence electrons. The van der Waals surface area contributed by atoms with Gasteiger partial charge in [-0.1, -0.05) is 6.92 Å². The molecule has 1 heterocycles. The van der Waals surface area contributed by atoms with E-state index in [-0.39, 0.29) is 0 Å². The van der Waals surface area contributed by atoms with Crippen LogP contribution in [0.25, 0.3) is 0 Å². The Hall–Kier alpha value is -0.120. The second-order valence-electron chi connectivity index (χ2n) is 2.53. The standard InChI is InChI=1S/C7H16N2O/c1-3-9(8-2)7-4-5-10-6-7/h7-8H,3-6H2,1-2H3/t7-/m0/s1. The topological polar surface area (TPSA) is 24.5 Å². The van der Waals surface area contributed by atoms with Crippen molar-refractivity contribution < 1.29 is 4.74 Å². The molecule has 1 aliphatic heterocycles. The molecule has 0 amide bonds. The minimum atomic E-state index is 0.593. The van der Waals surface area contributed by atoms with Gasteiger partial charge < -0.3 is 4.74 Å². The Morgan fingerprint density at radius 1 is 1.70 bits per heavy atom. The second-order valence-corrected chi connectivity index (χ2v) is 2.53. The molecule has 1 rings (SSSR count). The van der Waals surface area contributed by atoms with Crippen molar-refractivity contribution in [2.24, 2.45) is 0 Å². The third kappa shape index (κ3) is 1.68. The number of rotatable bonds is 3. The highest BCUT2D eigenvalue weighted by Gasteiger charge is 2.20. The van der Waals surface area contributed by atoms with Gasteiger partial charge in [-0.2, -0.15) is 0 Å². The fraction of sp³-hybridized carbons (Fsp3) is 1.00. The fourth-order valence-corrected chi connectivity index (χ4v) is 1.37. The summed E-state index contributed by atoms with van der Waals surface area (Å²) in [6.07, 6.45) is 1.16. The highest BCUT2D eigenvalue weighted by molar-refractivity contribution is 4.71. The molecule has 0 unspecified atom stereocenters. The molecular formula is C7H16N2O. The third-order valence-electron chi connectivity index (χ3n) is 1.97. The molecule has 0 aromatic carbocycles. The summed E-state index contributed by atoms with van der Waals surface area (Å²) in [6.45, 7) is 5.00. The highest BCUT2D eigenvalue weighted by atomic mass is 16.5. The molecule has 1 saturated heterocycles. The molecule has 0 bridgehead atoms. The van der Waals surface area contributed by atoms with Crippen molar-refractivity contribution >= 4 is 0 Å². The molecule has 1 fully saturated rings. The average Bonchev–Trinajstić information content (AvgIpc) is 2.43. The SMILES string of the molecule is CCN(NC)[C@H]1CCOC1. The first-order valence-corrected chi connectivity index (χ1v) is 3.90. The van der Waals surface area contributed by atoms with Crippen molar-refractivity contribution in [3.8, 4) is 0 Å². The maximum atomic E-state index is 5.26. The molecule has 0 radical (unpaired) electrons. The summed E-state index contributed by atoms with van der Waals surface area (Å²) in [7, 11) is 1.96. The first-order chi connectivity index (χ1) is 4.88. The van der Waals surface area contributed by atoms with Gasteiger partial charge in [-0.3, -0.25) is 5.43 Å². The van der Waals surface area contributed by atoms with Gasteiger partial charge in [-0.05, 0) is 13.5 Å². The zero-order valence-corrected chi connectivity index (χ0v) is 6.76. The lowest BCUT2D eigenvalue weighted by Gasteiger charge is -2.24. The number of likely N-dealkylation sites (N-methyl/N-ethyl adjacent to an activating group) is 1. The number of nitrogens with zero attached hydrogens (tertiary/aromatic N) is 1. The molecular weight excluding hydrogens is 128 g/mol. The zero-order valence-electron chi connectivity index (χ0n) is 6.76. The van der Waals surface area contributed by atoms with Gasteiger partial charge in [-0.15, -0.1) is 0 Å². The number of ether oxygens (including phenoxy) is 1. The van der Waals surface area contributed by atoms with E-state index in [4.69, 9.17) is 4.74 Å². The Balaban J connectivity index is 2.29. The monoisotopic (exact) mass is 144 g/mol. The van der Waals surface area contributed by atoms with Gasteiger partial charge in [-0.25, -0.2) is 5.01 Å². The number of hydrogen-bond acceptors (Lipinski definition) is 3. The smallest absolute Gasteiger partial charge is 0.0636 e. The van der Waals surface area contributed by atoms with Crippen LogP contribution in [0.4, 0.5) is 0 Å². The summed E-state index contributed by atoms with van der Waals surface area (Å²) in [4.78, 5) is 0. The van der Waals surface area contributed by atoms with Gasteiger partial charge >= 0.3 is 0 Å². The Bertz CT molecular complexity index is 87.6. The lowest BCUT2D eigenvalue weighted by atomic mass is 10.2. The van der Waals surface area contributed by atoms with Gasteiger partial charge in [0.25, 0.3) is 0 Å². The van der Waals surface area contributed by atoms with E-state index in [0.29, 0.717) is 6.04 Å². The second kappa shape index (κ2) is 3.91. The van der Waals surface area contributed by atoms with Gasteiger partial charge in [0.1, 0.15) is 0 Å². The van der Waals surface area contributed by atoms with Crippen LogP contribution in [0.2, 0.25) is 0 Å². The summed E-state index contributed by atoms with van der Waals surface area (Å²) in [5, 5.41) is 2.22. The number of hydrogen-bond donors (Lipinski definition) is 1. The lowest BCUT2D eigenvalue weighted by Crippen LogP contribution is -2.43. The van der Waals surface area contributed by atoms with Crippen molar-refractivity contribution in [1.29, 1.82) is 0 Å².